The summed E-state index contributed by atoms with van der Waals surface area (Å²) >= 11 is 0. The van der Waals surface area contributed by atoms with Gasteiger partial charge in [-0.15, -0.1) is 5.10 Å². The van der Waals surface area contributed by atoms with Crippen molar-refractivity contribution in [2.45, 2.75) is 45.1 Å². The van der Waals surface area contributed by atoms with E-state index in [1.165, 1.54) is 45.2 Å². The number of aromatic nitrogens is 3. The van der Waals surface area contributed by atoms with E-state index in [1.807, 2.05) is 28.9 Å². The Balaban J connectivity index is 1.31. The number of rotatable bonds is 3. The molecule has 6 heteroatoms. The highest BCUT2D eigenvalue weighted by atomic mass is 16.2. The molecule has 1 spiro atoms. The molecule has 2 fully saturated rings. The molecule has 0 unspecified atom stereocenters. The lowest BCUT2D eigenvalue weighted by atomic mass is 9.73. The Morgan fingerprint density at radius 3 is 2.69 bits per heavy atom. The highest BCUT2D eigenvalue weighted by Gasteiger charge is 2.36. The van der Waals surface area contributed by atoms with Gasteiger partial charge in [-0.3, -0.25) is 4.79 Å². The zero-order valence-corrected chi connectivity index (χ0v) is 15.7. The molecule has 0 N–H and O–H groups in total. The first kappa shape index (κ1) is 17.5. The van der Waals surface area contributed by atoms with Crippen molar-refractivity contribution in [2.75, 3.05) is 33.2 Å². The monoisotopic (exact) mass is 355 g/mol. The van der Waals surface area contributed by atoms with Gasteiger partial charge in [0.25, 0.3) is 0 Å². The standard InChI is InChI=1S/C20H29N5O/c1-23-12-4-8-20(9-14-23)10-15-24(16-11-20)19(26)7-13-25-18-6-3-2-5-17(18)21-22-25/h2-3,5-6H,4,7-16H2,1H3. The van der Waals surface area contributed by atoms with Crippen LogP contribution in [-0.2, 0) is 11.3 Å². The molecule has 3 heterocycles. The number of piperidine rings is 1. The molecule has 0 aliphatic carbocycles. The van der Waals surface area contributed by atoms with Crippen molar-refractivity contribution in [3.05, 3.63) is 24.3 Å². The smallest absolute Gasteiger partial charge is 0.224 e. The van der Waals surface area contributed by atoms with Crippen molar-refractivity contribution >= 4 is 16.9 Å². The number of hydrogen-bond acceptors (Lipinski definition) is 4. The topological polar surface area (TPSA) is 54.3 Å². The third kappa shape index (κ3) is 3.61. The maximum atomic E-state index is 12.7. The lowest BCUT2D eigenvalue weighted by molar-refractivity contribution is -0.134. The van der Waals surface area contributed by atoms with Crippen molar-refractivity contribution < 1.29 is 4.79 Å². The molecule has 2 aromatic rings. The fourth-order valence-electron chi connectivity index (χ4n) is 4.56. The molecule has 2 aliphatic heterocycles. The number of carbonyl (C=O) groups excluding carboxylic acids is 1. The van der Waals surface area contributed by atoms with Crippen molar-refractivity contribution in [3.8, 4) is 0 Å². The summed E-state index contributed by atoms with van der Waals surface area (Å²) in [7, 11) is 2.23. The van der Waals surface area contributed by atoms with Gasteiger partial charge in [-0.2, -0.15) is 0 Å². The van der Waals surface area contributed by atoms with Gasteiger partial charge in [-0.25, -0.2) is 4.68 Å². The average Bonchev–Trinajstić information content (AvgIpc) is 3.00. The Labute approximate surface area is 155 Å². The molecule has 0 radical (unpaired) electrons. The number of likely N-dealkylation sites (tertiary alicyclic amines) is 2. The lowest BCUT2D eigenvalue weighted by Crippen LogP contribution is -2.43. The fourth-order valence-corrected chi connectivity index (χ4v) is 4.56. The largest absolute Gasteiger partial charge is 0.343 e. The SMILES string of the molecule is CN1CCCC2(CC1)CCN(C(=O)CCn1nnc3ccccc31)CC2. The first-order chi connectivity index (χ1) is 12.7. The number of nitrogens with zero attached hydrogens (tertiary/aromatic N) is 5. The van der Waals surface area contributed by atoms with E-state index < -0.39 is 0 Å². The van der Waals surface area contributed by atoms with Gasteiger partial charge >= 0.3 is 0 Å². The second kappa shape index (κ2) is 7.35. The second-order valence-electron chi connectivity index (χ2n) is 8.09. The minimum absolute atomic E-state index is 0.255. The van der Waals surface area contributed by atoms with Crippen LogP contribution in [0.1, 0.15) is 38.5 Å². The molecule has 4 rings (SSSR count). The van der Waals surface area contributed by atoms with Crippen molar-refractivity contribution in [1.82, 2.24) is 24.8 Å². The van der Waals surface area contributed by atoms with Gasteiger partial charge in [0.2, 0.25) is 5.91 Å². The summed E-state index contributed by atoms with van der Waals surface area (Å²) in [4.78, 5) is 17.2. The van der Waals surface area contributed by atoms with Crippen molar-refractivity contribution in [2.24, 2.45) is 5.41 Å². The van der Waals surface area contributed by atoms with E-state index in [0.717, 1.165) is 24.1 Å². The molecule has 6 nitrogen and oxygen atoms in total. The number of hydrogen-bond donors (Lipinski definition) is 0. The van der Waals surface area contributed by atoms with E-state index in [1.54, 1.807) is 0 Å². The molecule has 140 valence electrons. The number of para-hydroxylation sites is 1. The van der Waals surface area contributed by atoms with Gasteiger partial charge in [0.05, 0.1) is 12.1 Å². The van der Waals surface area contributed by atoms with E-state index in [-0.39, 0.29) is 5.91 Å². The molecular formula is C20H29N5O. The first-order valence-corrected chi connectivity index (χ1v) is 9.90. The number of fused-ring (bicyclic) bond motifs is 1. The number of benzene rings is 1. The maximum Gasteiger partial charge on any atom is 0.224 e. The predicted molar refractivity (Wildman–Crippen MR) is 102 cm³/mol. The van der Waals surface area contributed by atoms with Crippen LogP contribution >= 0.6 is 0 Å². The third-order valence-electron chi connectivity index (χ3n) is 6.41. The first-order valence-electron chi connectivity index (χ1n) is 9.90. The van der Waals surface area contributed by atoms with Crippen LogP contribution in [0.25, 0.3) is 11.0 Å². The Morgan fingerprint density at radius 1 is 1.08 bits per heavy atom. The van der Waals surface area contributed by atoms with Crippen molar-refractivity contribution in [1.29, 1.82) is 0 Å². The molecule has 1 aromatic heterocycles. The molecule has 0 saturated carbocycles. The quantitative estimate of drug-likeness (QED) is 0.849. The average molecular weight is 355 g/mol. The highest BCUT2D eigenvalue weighted by Crippen LogP contribution is 2.41. The molecule has 0 bridgehead atoms. The summed E-state index contributed by atoms with van der Waals surface area (Å²) in [5.74, 6) is 0.255. The molecular weight excluding hydrogens is 326 g/mol. The van der Waals surface area contributed by atoms with Crippen LogP contribution in [0, 0.1) is 5.41 Å². The zero-order valence-electron chi connectivity index (χ0n) is 15.7. The zero-order chi connectivity index (χ0) is 18.0. The van der Waals surface area contributed by atoms with Gasteiger partial charge < -0.3 is 9.80 Å². The second-order valence-corrected chi connectivity index (χ2v) is 8.09. The number of amides is 1. The van der Waals surface area contributed by atoms with Gasteiger partial charge in [0.1, 0.15) is 5.52 Å². The normalized spacial score (nSPS) is 21.2. The van der Waals surface area contributed by atoms with Crippen LogP contribution in [-0.4, -0.2) is 63.9 Å². The Kier molecular flexibility index (Phi) is 4.94. The summed E-state index contributed by atoms with van der Waals surface area (Å²) in [5.41, 5.74) is 2.36. The van der Waals surface area contributed by atoms with Crippen LogP contribution in [0.2, 0.25) is 0 Å². The predicted octanol–water partition coefficient (Wildman–Crippen LogP) is 2.55. The fraction of sp³-hybridized carbons (Fsp3) is 0.650. The lowest BCUT2D eigenvalue weighted by Gasteiger charge is -2.41. The van der Waals surface area contributed by atoms with E-state index in [9.17, 15) is 4.79 Å². The van der Waals surface area contributed by atoms with E-state index in [0.29, 0.717) is 18.4 Å². The van der Waals surface area contributed by atoms with Crippen LogP contribution in [0.4, 0.5) is 0 Å². The van der Waals surface area contributed by atoms with Gasteiger partial charge in [-0.1, -0.05) is 17.3 Å². The highest BCUT2D eigenvalue weighted by molar-refractivity contribution is 5.77. The Bertz CT molecular complexity index is 762. The minimum atomic E-state index is 0.255. The molecule has 2 aliphatic rings. The van der Waals surface area contributed by atoms with Crippen LogP contribution < -0.4 is 0 Å². The van der Waals surface area contributed by atoms with Crippen molar-refractivity contribution in [3.63, 3.8) is 0 Å². The third-order valence-corrected chi connectivity index (χ3v) is 6.41. The van der Waals surface area contributed by atoms with Crippen LogP contribution in [0.5, 0.6) is 0 Å². The molecule has 1 aromatic carbocycles. The molecule has 26 heavy (non-hydrogen) atoms. The van der Waals surface area contributed by atoms with E-state index in [4.69, 9.17) is 0 Å². The van der Waals surface area contributed by atoms with Gasteiger partial charge in [0.15, 0.2) is 0 Å². The summed E-state index contributed by atoms with van der Waals surface area (Å²) in [6, 6.07) is 7.90. The van der Waals surface area contributed by atoms with E-state index in [2.05, 4.69) is 27.2 Å². The summed E-state index contributed by atoms with van der Waals surface area (Å²) < 4.78 is 1.85. The molecule has 2 saturated heterocycles. The Hall–Kier alpha value is -1.95. The summed E-state index contributed by atoms with van der Waals surface area (Å²) in [6.45, 7) is 4.86. The van der Waals surface area contributed by atoms with E-state index >= 15 is 0 Å². The van der Waals surface area contributed by atoms with Crippen LogP contribution in [0.3, 0.4) is 0 Å². The maximum absolute atomic E-state index is 12.7. The number of carbonyl (C=O) groups is 1. The summed E-state index contributed by atoms with van der Waals surface area (Å²) in [5, 5.41) is 8.35. The molecule has 0 atom stereocenters. The van der Waals surface area contributed by atoms with Crippen LogP contribution in [0.15, 0.2) is 24.3 Å². The van der Waals surface area contributed by atoms with Gasteiger partial charge in [-0.05, 0) is 69.8 Å². The summed E-state index contributed by atoms with van der Waals surface area (Å²) in [6.07, 6.45) is 6.74. The Morgan fingerprint density at radius 2 is 1.85 bits per heavy atom. The minimum Gasteiger partial charge on any atom is -0.343 e. The van der Waals surface area contributed by atoms with Gasteiger partial charge in [0, 0.05) is 19.5 Å². The number of aryl methyl sites for hydroxylation is 1. The molecule has 1 amide bonds.